The third-order valence-electron chi connectivity index (χ3n) is 7.16. The minimum atomic E-state index is -4.72. The molecule has 1 aliphatic heterocycles. The Bertz CT molecular complexity index is 1100. The average Bonchev–Trinajstić information content (AvgIpc) is 3.03. The Morgan fingerprint density at radius 2 is 1.97 bits per heavy atom. The lowest BCUT2D eigenvalue weighted by molar-refractivity contribution is -0.191. The van der Waals surface area contributed by atoms with Crippen LogP contribution in [0.2, 0.25) is 0 Å². The number of amides is 2. The number of nitrogens with one attached hydrogen (secondary N) is 2. The summed E-state index contributed by atoms with van der Waals surface area (Å²) in [6.07, 6.45) is -2.53. The van der Waals surface area contributed by atoms with Gasteiger partial charge in [0.2, 0.25) is 11.8 Å². The number of piperazine rings is 1. The second kappa shape index (κ2) is 9.14. The van der Waals surface area contributed by atoms with Crippen molar-refractivity contribution < 1.29 is 22.8 Å². The summed E-state index contributed by atoms with van der Waals surface area (Å²) in [6, 6.07) is 8.07. The maximum atomic E-state index is 14.1. The predicted molar refractivity (Wildman–Crippen MR) is 126 cm³/mol. The van der Waals surface area contributed by atoms with Crippen molar-refractivity contribution in [1.29, 1.82) is 0 Å². The molecule has 188 valence electrons. The SMILES string of the molecule is CN1CC(=O)NCC1C(=O)N(C)[C@H](c1ccc(NC2Cc3ccccc3C2(C)C)cn1)C(F)(F)F. The molecule has 2 N–H and O–H groups in total. The monoisotopic (exact) mass is 489 g/mol. The van der Waals surface area contributed by atoms with Gasteiger partial charge in [-0.15, -0.1) is 0 Å². The van der Waals surface area contributed by atoms with Gasteiger partial charge in [0.1, 0.15) is 6.04 Å². The maximum Gasteiger partial charge on any atom is 0.414 e. The van der Waals surface area contributed by atoms with E-state index in [-0.39, 0.29) is 36.1 Å². The number of hydrogen-bond acceptors (Lipinski definition) is 5. The number of aromatic nitrogens is 1. The third-order valence-corrected chi connectivity index (χ3v) is 7.16. The van der Waals surface area contributed by atoms with Crippen molar-refractivity contribution in [2.24, 2.45) is 0 Å². The van der Waals surface area contributed by atoms with Gasteiger partial charge >= 0.3 is 6.18 Å². The number of fused-ring (bicyclic) bond motifs is 1. The van der Waals surface area contributed by atoms with E-state index in [9.17, 15) is 22.8 Å². The van der Waals surface area contributed by atoms with Gasteiger partial charge in [0, 0.05) is 25.0 Å². The molecule has 10 heteroatoms. The van der Waals surface area contributed by atoms with Crippen LogP contribution in [0, 0.1) is 0 Å². The van der Waals surface area contributed by atoms with Gasteiger partial charge in [0.05, 0.1) is 24.1 Å². The maximum absolute atomic E-state index is 14.1. The number of nitrogens with zero attached hydrogens (tertiary/aromatic N) is 3. The Hall–Kier alpha value is -3.14. The second-order valence-corrected chi connectivity index (χ2v) is 9.88. The second-order valence-electron chi connectivity index (χ2n) is 9.88. The molecule has 2 aromatic rings. The van der Waals surface area contributed by atoms with E-state index in [1.807, 2.05) is 12.1 Å². The molecule has 2 heterocycles. The molecular weight excluding hydrogens is 459 g/mol. The summed E-state index contributed by atoms with van der Waals surface area (Å²) in [4.78, 5) is 30.7. The van der Waals surface area contributed by atoms with Gasteiger partial charge in [0.25, 0.3) is 0 Å². The fraction of sp³-hybridized carbons (Fsp3) is 0.480. The first-order valence-electron chi connectivity index (χ1n) is 11.5. The van der Waals surface area contributed by atoms with Gasteiger partial charge in [-0.1, -0.05) is 38.1 Å². The molecule has 1 aromatic heterocycles. The number of carbonyl (C=O) groups excluding carboxylic acids is 2. The zero-order valence-corrected chi connectivity index (χ0v) is 20.2. The summed E-state index contributed by atoms with van der Waals surface area (Å²) in [5.41, 5.74) is 2.70. The van der Waals surface area contributed by atoms with Gasteiger partial charge in [-0.25, -0.2) is 0 Å². The van der Waals surface area contributed by atoms with Gasteiger partial charge in [0.15, 0.2) is 6.04 Å². The van der Waals surface area contributed by atoms with Crippen LogP contribution in [0.1, 0.15) is 36.7 Å². The van der Waals surface area contributed by atoms with Crippen LogP contribution in [0.5, 0.6) is 0 Å². The molecule has 7 nitrogen and oxygen atoms in total. The molecule has 1 saturated heterocycles. The number of likely N-dealkylation sites (N-methyl/N-ethyl adjacent to an activating group) is 2. The van der Waals surface area contributed by atoms with Crippen LogP contribution in [0.25, 0.3) is 0 Å². The van der Waals surface area contributed by atoms with Gasteiger partial charge < -0.3 is 15.5 Å². The van der Waals surface area contributed by atoms with E-state index >= 15 is 0 Å². The first-order valence-corrected chi connectivity index (χ1v) is 11.5. The van der Waals surface area contributed by atoms with Crippen molar-refractivity contribution >= 4 is 17.5 Å². The van der Waals surface area contributed by atoms with Crippen molar-refractivity contribution in [2.75, 3.05) is 32.5 Å². The van der Waals surface area contributed by atoms with Gasteiger partial charge in [-0.2, -0.15) is 13.2 Å². The molecule has 4 rings (SSSR count). The highest BCUT2D eigenvalue weighted by molar-refractivity contribution is 5.87. The first kappa shape index (κ1) is 25.0. The Kier molecular flexibility index (Phi) is 6.52. The van der Waals surface area contributed by atoms with Gasteiger partial charge in [-0.05, 0) is 36.7 Å². The van der Waals surface area contributed by atoms with Crippen molar-refractivity contribution in [2.45, 2.75) is 50.0 Å². The fourth-order valence-electron chi connectivity index (χ4n) is 5.06. The highest BCUT2D eigenvalue weighted by Crippen LogP contribution is 2.40. The molecule has 0 radical (unpaired) electrons. The molecule has 3 atom stereocenters. The Morgan fingerprint density at radius 1 is 1.26 bits per heavy atom. The average molecular weight is 490 g/mol. The Morgan fingerprint density at radius 3 is 2.57 bits per heavy atom. The number of pyridine rings is 1. The number of anilines is 1. The van der Waals surface area contributed by atoms with Crippen LogP contribution in [0.4, 0.5) is 18.9 Å². The Balaban J connectivity index is 1.52. The quantitative estimate of drug-likeness (QED) is 0.676. The van der Waals surface area contributed by atoms with Crippen LogP contribution < -0.4 is 10.6 Å². The van der Waals surface area contributed by atoms with Crippen LogP contribution in [0.3, 0.4) is 0 Å². The summed E-state index contributed by atoms with van der Waals surface area (Å²) in [5, 5.41) is 5.96. The molecule has 2 unspecified atom stereocenters. The first-order chi connectivity index (χ1) is 16.4. The highest BCUT2D eigenvalue weighted by Gasteiger charge is 2.48. The third kappa shape index (κ3) is 4.84. The van der Waals surface area contributed by atoms with Crippen LogP contribution in [-0.4, -0.2) is 72.0 Å². The van der Waals surface area contributed by atoms with E-state index < -0.39 is 24.2 Å². The summed E-state index contributed by atoms with van der Waals surface area (Å²) < 4.78 is 42.3. The molecule has 2 amide bonds. The standard InChI is InChI=1S/C25H30F3N5O2/c1-24(2)17-8-6-5-7-15(17)11-20(24)31-16-9-10-18(29-12-16)22(25(26,27)28)33(4)23(35)19-13-30-21(34)14-32(19)3/h5-10,12,19-20,22,31H,11,13-14H2,1-4H3,(H,30,34)/t19?,20?,22-/m1/s1. The van der Waals surface area contributed by atoms with Crippen molar-refractivity contribution in [3.8, 4) is 0 Å². The minimum Gasteiger partial charge on any atom is -0.380 e. The summed E-state index contributed by atoms with van der Waals surface area (Å²) in [5.74, 6) is -1.01. The molecule has 0 saturated carbocycles. The number of hydrogen-bond donors (Lipinski definition) is 2. The number of halogens is 3. The number of alkyl halides is 3. The zero-order valence-electron chi connectivity index (χ0n) is 20.2. The molecular formula is C25H30F3N5O2. The van der Waals surface area contributed by atoms with Crippen molar-refractivity contribution in [3.63, 3.8) is 0 Å². The predicted octanol–water partition coefficient (Wildman–Crippen LogP) is 2.89. The largest absolute Gasteiger partial charge is 0.414 e. The van der Waals surface area contributed by atoms with Gasteiger partial charge in [-0.3, -0.25) is 19.5 Å². The van der Waals surface area contributed by atoms with E-state index in [1.54, 1.807) is 13.1 Å². The number of benzene rings is 1. The molecule has 0 bridgehead atoms. The minimum absolute atomic E-state index is 0.0427. The molecule has 0 spiro atoms. The van der Waals surface area contributed by atoms with E-state index in [1.165, 1.54) is 28.3 Å². The number of carbonyl (C=O) groups is 2. The lowest BCUT2D eigenvalue weighted by Gasteiger charge is -2.37. The van der Waals surface area contributed by atoms with Crippen LogP contribution in [0.15, 0.2) is 42.6 Å². The number of rotatable bonds is 5. The van der Waals surface area contributed by atoms with E-state index in [0.717, 1.165) is 13.5 Å². The van der Waals surface area contributed by atoms with E-state index in [0.29, 0.717) is 10.6 Å². The topological polar surface area (TPSA) is 77.6 Å². The summed E-state index contributed by atoms with van der Waals surface area (Å²) in [6.45, 7) is 4.19. The van der Waals surface area contributed by atoms with E-state index in [4.69, 9.17) is 0 Å². The Labute approximate surface area is 202 Å². The zero-order chi connectivity index (χ0) is 25.5. The van der Waals surface area contributed by atoms with Crippen LogP contribution >= 0.6 is 0 Å². The van der Waals surface area contributed by atoms with E-state index in [2.05, 4.69) is 41.6 Å². The molecule has 2 aliphatic rings. The highest BCUT2D eigenvalue weighted by atomic mass is 19.4. The molecule has 35 heavy (non-hydrogen) atoms. The lowest BCUT2D eigenvalue weighted by atomic mass is 9.83. The smallest absolute Gasteiger partial charge is 0.380 e. The lowest BCUT2D eigenvalue weighted by Crippen LogP contribution is -2.59. The summed E-state index contributed by atoms with van der Waals surface area (Å²) in [7, 11) is 2.66. The summed E-state index contributed by atoms with van der Waals surface area (Å²) >= 11 is 0. The fourth-order valence-corrected chi connectivity index (χ4v) is 5.06. The van der Waals surface area contributed by atoms with Crippen molar-refractivity contribution in [1.82, 2.24) is 20.1 Å². The van der Waals surface area contributed by atoms with Crippen molar-refractivity contribution in [3.05, 3.63) is 59.4 Å². The molecule has 1 fully saturated rings. The normalized spacial score (nSPS) is 22.8. The molecule has 1 aromatic carbocycles. The molecule has 1 aliphatic carbocycles. The van der Waals surface area contributed by atoms with Crippen LogP contribution in [-0.2, 0) is 21.4 Å².